The summed E-state index contributed by atoms with van der Waals surface area (Å²) in [7, 11) is 1.56. The average Bonchev–Trinajstić information content (AvgIpc) is 3.47. The number of esters is 1. The quantitative estimate of drug-likeness (QED) is 0.102. The molecule has 252 valence electrons. The Labute approximate surface area is 284 Å². The summed E-state index contributed by atoms with van der Waals surface area (Å²) >= 11 is 1.45. The molecule has 14 heteroatoms. The fourth-order valence-corrected chi connectivity index (χ4v) is 7.14. The van der Waals surface area contributed by atoms with Crippen molar-refractivity contribution in [1.82, 2.24) is 24.6 Å². The second kappa shape index (κ2) is 14.2. The van der Waals surface area contributed by atoms with Crippen molar-refractivity contribution in [3.8, 4) is 16.8 Å². The molecule has 0 atom stereocenters. The van der Waals surface area contributed by atoms with Gasteiger partial charge in [-0.1, -0.05) is 12.6 Å². The lowest BCUT2D eigenvalue weighted by Crippen LogP contribution is -2.27. The zero-order valence-electron chi connectivity index (χ0n) is 27.0. The summed E-state index contributed by atoms with van der Waals surface area (Å²) in [4.78, 5) is 56.2. The lowest BCUT2D eigenvalue weighted by Gasteiger charge is -2.18. The summed E-state index contributed by atoms with van der Waals surface area (Å²) in [6.45, 7) is 5.16. The molecule has 1 amide bonds. The van der Waals surface area contributed by atoms with Gasteiger partial charge in [-0.25, -0.2) is 9.37 Å². The van der Waals surface area contributed by atoms with Crippen LogP contribution >= 0.6 is 11.3 Å². The summed E-state index contributed by atoms with van der Waals surface area (Å²) in [6, 6.07) is 9.19. The van der Waals surface area contributed by atoms with Gasteiger partial charge in [0.2, 0.25) is 5.91 Å². The smallest absolute Gasteiger partial charge is 0.302 e. The number of amides is 1. The van der Waals surface area contributed by atoms with Crippen LogP contribution in [0.1, 0.15) is 35.8 Å². The van der Waals surface area contributed by atoms with E-state index in [9.17, 15) is 19.2 Å². The first-order valence-corrected chi connectivity index (χ1v) is 16.5. The maximum Gasteiger partial charge on any atom is 0.302 e. The van der Waals surface area contributed by atoms with Crippen molar-refractivity contribution < 1.29 is 18.7 Å². The molecular formula is C35H34FN7O5S. The highest BCUT2D eigenvalue weighted by Crippen LogP contribution is 2.35. The van der Waals surface area contributed by atoms with Crippen molar-refractivity contribution in [2.45, 2.75) is 39.2 Å². The summed E-state index contributed by atoms with van der Waals surface area (Å²) in [5.74, 6) is -0.632. The number of hydrogen-bond acceptors (Lipinski definition) is 10. The molecule has 1 aliphatic carbocycles. The molecule has 1 aliphatic rings. The Balaban J connectivity index is 1.39. The maximum absolute atomic E-state index is 15.5. The van der Waals surface area contributed by atoms with E-state index in [1.807, 2.05) is 0 Å². The predicted molar refractivity (Wildman–Crippen MR) is 187 cm³/mol. The van der Waals surface area contributed by atoms with Gasteiger partial charge >= 0.3 is 5.97 Å². The van der Waals surface area contributed by atoms with Gasteiger partial charge in [0.15, 0.2) is 0 Å². The molecule has 0 fully saturated rings. The van der Waals surface area contributed by atoms with E-state index in [-0.39, 0.29) is 35.0 Å². The molecule has 5 aromatic rings. The second-order valence-corrected chi connectivity index (χ2v) is 12.7. The molecule has 0 saturated carbocycles. The number of nitrogens with one attached hydrogen (secondary N) is 3. The molecule has 4 heterocycles. The Morgan fingerprint density at radius 2 is 1.90 bits per heavy atom. The van der Waals surface area contributed by atoms with E-state index in [4.69, 9.17) is 4.74 Å². The summed E-state index contributed by atoms with van der Waals surface area (Å²) in [5.41, 5.74) is 1.72. The molecule has 49 heavy (non-hydrogen) atoms. The average molecular weight is 684 g/mol. The minimum absolute atomic E-state index is 0.127. The summed E-state index contributed by atoms with van der Waals surface area (Å²) in [5, 5.41) is 14.1. The number of aryl methyl sites for hydroxylation is 3. The Bertz CT molecular complexity index is 2220. The van der Waals surface area contributed by atoms with E-state index in [1.165, 1.54) is 45.9 Å². The SMILES string of the molecule is C=CC(=O)NCCNc1cccc(Nc2cc(-c3cc(F)cc(-n4ncc5c6c(sc5c4=O)CCCC6)c3COC(C)=O)cn(C)c2=O)n1. The third-order valence-electron chi connectivity index (χ3n) is 8.16. The first kappa shape index (κ1) is 33.3. The van der Waals surface area contributed by atoms with Crippen LogP contribution in [0.3, 0.4) is 0 Å². The number of ether oxygens (including phenoxy) is 1. The maximum atomic E-state index is 15.5. The molecule has 6 rings (SSSR count). The molecular weight excluding hydrogens is 649 g/mol. The van der Waals surface area contributed by atoms with Crippen LogP contribution < -0.4 is 27.1 Å². The number of fused-ring (bicyclic) bond motifs is 3. The molecule has 0 unspecified atom stereocenters. The van der Waals surface area contributed by atoms with Crippen LogP contribution in [-0.4, -0.2) is 44.3 Å². The number of carbonyl (C=O) groups is 2. The molecule has 0 saturated heterocycles. The van der Waals surface area contributed by atoms with Crippen LogP contribution in [0.25, 0.3) is 26.9 Å². The van der Waals surface area contributed by atoms with Crippen LogP contribution in [-0.2, 0) is 40.8 Å². The fraction of sp³-hybridized carbons (Fsp3) is 0.257. The Kier molecular flexibility index (Phi) is 9.67. The topological polar surface area (TPSA) is 149 Å². The zero-order valence-corrected chi connectivity index (χ0v) is 27.8. The lowest BCUT2D eigenvalue weighted by molar-refractivity contribution is -0.142. The van der Waals surface area contributed by atoms with E-state index >= 15 is 4.39 Å². The first-order chi connectivity index (χ1) is 23.6. The van der Waals surface area contributed by atoms with Crippen molar-refractivity contribution >= 4 is 50.6 Å². The van der Waals surface area contributed by atoms with E-state index in [2.05, 4.69) is 32.6 Å². The van der Waals surface area contributed by atoms with Crippen molar-refractivity contribution in [3.63, 3.8) is 0 Å². The lowest BCUT2D eigenvalue weighted by atomic mass is 9.97. The number of pyridine rings is 2. The van der Waals surface area contributed by atoms with Gasteiger partial charge in [-0.3, -0.25) is 19.2 Å². The number of anilines is 3. The largest absolute Gasteiger partial charge is 0.461 e. The number of rotatable bonds is 11. The first-order valence-electron chi connectivity index (χ1n) is 15.7. The van der Waals surface area contributed by atoms with E-state index in [0.717, 1.165) is 41.3 Å². The molecule has 0 bridgehead atoms. The Morgan fingerprint density at radius 1 is 1.10 bits per heavy atom. The van der Waals surface area contributed by atoms with Gasteiger partial charge in [0.05, 0.1) is 11.9 Å². The van der Waals surface area contributed by atoms with Gasteiger partial charge in [0.25, 0.3) is 11.1 Å². The minimum atomic E-state index is -0.649. The monoisotopic (exact) mass is 683 g/mol. The number of hydrogen-bond donors (Lipinski definition) is 3. The van der Waals surface area contributed by atoms with Gasteiger partial charge in [-0.2, -0.15) is 9.78 Å². The highest BCUT2D eigenvalue weighted by atomic mass is 32.1. The number of benzene rings is 1. The number of halogens is 1. The van der Waals surface area contributed by atoms with E-state index in [0.29, 0.717) is 46.1 Å². The van der Waals surface area contributed by atoms with Gasteiger partial charge < -0.3 is 25.3 Å². The van der Waals surface area contributed by atoms with Gasteiger partial charge in [-0.05, 0) is 67.2 Å². The third kappa shape index (κ3) is 7.14. The predicted octanol–water partition coefficient (Wildman–Crippen LogP) is 4.75. The summed E-state index contributed by atoms with van der Waals surface area (Å²) in [6.07, 6.45) is 8.29. The van der Waals surface area contributed by atoms with Gasteiger partial charge in [0.1, 0.15) is 34.4 Å². The fourth-order valence-electron chi connectivity index (χ4n) is 5.85. The molecule has 1 aromatic carbocycles. The van der Waals surface area contributed by atoms with Crippen molar-refractivity contribution in [2.75, 3.05) is 23.7 Å². The zero-order chi connectivity index (χ0) is 34.7. The van der Waals surface area contributed by atoms with Crippen molar-refractivity contribution in [2.24, 2.45) is 7.05 Å². The van der Waals surface area contributed by atoms with Crippen LogP contribution in [0.4, 0.5) is 21.7 Å². The van der Waals surface area contributed by atoms with Crippen molar-refractivity contribution in [1.29, 1.82) is 0 Å². The Hall–Kier alpha value is -5.63. The summed E-state index contributed by atoms with van der Waals surface area (Å²) < 4.78 is 23.9. The molecule has 0 spiro atoms. The van der Waals surface area contributed by atoms with Gasteiger partial charge in [-0.15, -0.1) is 11.3 Å². The number of aromatic nitrogens is 4. The molecule has 4 aromatic heterocycles. The Morgan fingerprint density at radius 3 is 2.69 bits per heavy atom. The second-order valence-electron chi connectivity index (χ2n) is 11.6. The number of carbonyl (C=O) groups excluding carboxylic acids is 2. The van der Waals surface area contributed by atoms with Gasteiger partial charge in [0, 0.05) is 60.7 Å². The van der Waals surface area contributed by atoms with Crippen LogP contribution in [0.2, 0.25) is 0 Å². The van der Waals surface area contributed by atoms with E-state index in [1.54, 1.807) is 43.7 Å². The molecule has 12 nitrogen and oxygen atoms in total. The highest BCUT2D eigenvalue weighted by Gasteiger charge is 2.23. The highest BCUT2D eigenvalue weighted by molar-refractivity contribution is 7.19. The standard InChI is InChI=1S/C35H34FN7O5S/c1-4-32(45)38-13-12-37-30-10-7-11-31(41-30)40-27-14-21(18-42(3)34(27)46)24-15-22(36)16-28(26(24)19-48-20(2)44)43-35(47)33-25(17-39-43)23-8-5-6-9-29(23)49-33/h4,7,10-11,14-18H,1,5-6,8-9,12-13,19H2,2-3H3,(H,38,45)(H2,37,40,41). The third-order valence-corrected chi connectivity index (χ3v) is 9.46. The van der Waals surface area contributed by atoms with Crippen LogP contribution in [0, 0.1) is 5.82 Å². The van der Waals surface area contributed by atoms with E-state index < -0.39 is 11.8 Å². The molecule has 0 aliphatic heterocycles. The number of nitrogens with zero attached hydrogens (tertiary/aromatic N) is 4. The normalized spacial score (nSPS) is 12.3. The minimum Gasteiger partial charge on any atom is -0.461 e. The molecule has 0 radical (unpaired) electrons. The van der Waals surface area contributed by atoms with Crippen LogP contribution in [0.5, 0.6) is 0 Å². The number of thiophene rings is 1. The van der Waals surface area contributed by atoms with Crippen LogP contribution in [0.15, 0.2) is 71.0 Å². The van der Waals surface area contributed by atoms with Crippen molar-refractivity contribution in [3.05, 3.63) is 104 Å². The molecule has 3 N–H and O–H groups in total.